The zero-order valence-corrected chi connectivity index (χ0v) is 19.7. The first-order valence-corrected chi connectivity index (χ1v) is 12.1. The maximum atomic E-state index is 12.3. The fourth-order valence-corrected chi connectivity index (χ4v) is 4.22. The first kappa shape index (κ1) is 24.7. The maximum absolute atomic E-state index is 12.3. The molecule has 1 atom stereocenters. The van der Waals surface area contributed by atoms with Gasteiger partial charge in [0.15, 0.2) is 11.1 Å². The van der Waals surface area contributed by atoms with Crippen LogP contribution in [0.2, 0.25) is 0 Å². The van der Waals surface area contributed by atoms with Crippen LogP contribution in [0.3, 0.4) is 0 Å². The predicted molar refractivity (Wildman–Crippen MR) is 121 cm³/mol. The van der Waals surface area contributed by atoms with Gasteiger partial charge >= 0.3 is 5.97 Å². The van der Waals surface area contributed by atoms with Gasteiger partial charge in [0.2, 0.25) is 0 Å². The van der Waals surface area contributed by atoms with Gasteiger partial charge in [0, 0.05) is 44.3 Å². The number of nitrogens with one attached hydrogen (secondary N) is 2. The fourth-order valence-electron chi connectivity index (χ4n) is 3.15. The van der Waals surface area contributed by atoms with E-state index in [0.29, 0.717) is 24.7 Å². The zero-order valence-electron chi connectivity index (χ0n) is 18.9. The van der Waals surface area contributed by atoms with Crippen molar-refractivity contribution < 1.29 is 27.5 Å². The Bertz CT molecular complexity index is 1060. The summed E-state index contributed by atoms with van der Waals surface area (Å²) in [7, 11) is -2.15. The molecule has 1 aromatic heterocycles. The van der Waals surface area contributed by atoms with Gasteiger partial charge in [0.05, 0.1) is 19.6 Å². The van der Waals surface area contributed by atoms with Gasteiger partial charge in [-0.1, -0.05) is 0 Å². The average Bonchev–Trinajstić information content (AvgIpc) is 3.14. The van der Waals surface area contributed by atoms with Crippen LogP contribution in [0.4, 0.5) is 11.4 Å². The number of benzene rings is 1. The van der Waals surface area contributed by atoms with Crippen molar-refractivity contribution in [2.45, 2.75) is 31.4 Å². The van der Waals surface area contributed by atoms with Gasteiger partial charge in [-0.2, -0.15) is 0 Å². The number of hydrogen-bond acceptors (Lipinski definition) is 8. The Kier molecular flexibility index (Phi) is 8.06. The van der Waals surface area contributed by atoms with Crippen molar-refractivity contribution in [2.75, 3.05) is 43.1 Å². The predicted octanol–water partition coefficient (Wildman–Crippen LogP) is 0.804. The summed E-state index contributed by atoms with van der Waals surface area (Å²) in [6.45, 7) is 5.97. The smallest absolute Gasteiger partial charge is 0.307 e. The van der Waals surface area contributed by atoms with E-state index in [2.05, 4.69) is 19.9 Å². The number of aryl methyl sites for hydroxylation is 2. The third kappa shape index (κ3) is 6.76. The summed E-state index contributed by atoms with van der Waals surface area (Å²) in [4.78, 5) is 30.5. The molecule has 0 spiro atoms. The van der Waals surface area contributed by atoms with Gasteiger partial charge in [0.25, 0.3) is 15.9 Å². The lowest BCUT2D eigenvalue weighted by Crippen LogP contribution is -2.36. The minimum atomic E-state index is -3.83. The molecule has 3 rings (SSSR count). The van der Waals surface area contributed by atoms with Crippen LogP contribution in [0.25, 0.3) is 0 Å². The average molecular weight is 480 g/mol. The van der Waals surface area contributed by atoms with E-state index in [-0.39, 0.29) is 18.0 Å². The Morgan fingerprint density at radius 1 is 1.21 bits per heavy atom. The molecule has 2 N–H and O–H groups in total. The van der Waals surface area contributed by atoms with Crippen LogP contribution in [0, 0.1) is 6.92 Å². The number of ether oxygens (including phenoxy) is 2. The minimum Gasteiger partial charge on any atom is -0.452 e. The molecular formula is C21H29N5O6S. The number of nitrogens with zero attached hydrogens (tertiary/aromatic N) is 3. The molecule has 1 aliphatic heterocycles. The monoisotopic (exact) mass is 479 g/mol. The van der Waals surface area contributed by atoms with Crippen LogP contribution in [0.1, 0.15) is 19.2 Å². The normalized spacial score (nSPS) is 15.2. The molecule has 0 bridgehead atoms. The van der Waals surface area contributed by atoms with E-state index < -0.39 is 28.0 Å². The van der Waals surface area contributed by atoms with Crippen molar-refractivity contribution in [2.24, 2.45) is 7.05 Å². The van der Waals surface area contributed by atoms with Crippen molar-refractivity contribution >= 4 is 33.3 Å². The van der Waals surface area contributed by atoms with E-state index in [4.69, 9.17) is 9.47 Å². The van der Waals surface area contributed by atoms with Crippen molar-refractivity contribution in [1.29, 1.82) is 0 Å². The number of anilines is 2. The number of esters is 1. The second kappa shape index (κ2) is 10.8. The summed E-state index contributed by atoms with van der Waals surface area (Å²) in [5.41, 5.74) is 1.62. The molecule has 1 saturated heterocycles. The number of carbonyl (C=O) groups is 2. The van der Waals surface area contributed by atoms with Crippen molar-refractivity contribution in [3.05, 3.63) is 36.3 Å². The summed E-state index contributed by atoms with van der Waals surface area (Å²) in [6, 6.07) is 7.39. The van der Waals surface area contributed by atoms with Gasteiger partial charge in [-0.3, -0.25) is 9.59 Å². The van der Waals surface area contributed by atoms with Gasteiger partial charge in [-0.15, -0.1) is 0 Å². The molecule has 12 heteroatoms. The molecule has 0 saturated carbocycles. The Labute approximate surface area is 193 Å². The summed E-state index contributed by atoms with van der Waals surface area (Å²) in [6.07, 6.45) is 0.124. The maximum Gasteiger partial charge on any atom is 0.307 e. The summed E-state index contributed by atoms with van der Waals surface area (Å²) >= 11 is 0. The second-order valence-electron chi connectivity index (χ2n) is 7.65. The molecule has 1 unspecified atom stereocenters. The molecule has 2 aromatic rings. The Morgan fingerprint density at radius 3 is 2.48 bits per heavy atom. The highest BCUT2D eigenvalue weighted by Gasteiger charge is 2.21. The Balaban J connectivity index is 1.43. The molecule has 2 heterocycles. The van der Waals surface area contributed by atoms with E-state index in [1.165, 1.54) is 13.1 Å². The number of hydrogen-bond donors (Lipinski definition) is 2. The Hall–Kier alpha value is -2.96. The van der Waals surface area contributed by atoms with Gasteiger partial charge in [0.1, 0.15) is 5.82 Å². The lowest BCUT2D eigenvalue weighted by atomic mass is 10.2. The highest BCUT2D eigenvalue weighted by molar-refractivity contribution is 7.89. The van der Waals surface area contributed by atoms with Crippen LogP contribution < -0.4 is 14.9 Å². The first-order chi connectivity index (χ1) is 15.7. The van der Waals surface area contributed by atoms with Crippen LogP contribution in [0.5, 0.6) is 0 Å². The lowest BCUT2D eigenvalue weighted by Gasteiger charge is -2.28. The van der Waals surface area contributed by atoms with Crippen LogP contribution in [-0.4, -0.2) is 68.8 Å². The fraction of sp³-hybridized carbons (Fsp3) is 0.476. The van der Waals surface area contributed by atoms with E-state index in [1.54, 1.807) is 30.7 Å². The highest BCUT2D eigenvalue weighted by Crippen LogP contribution is 2.19. The molecule has 0 aliphatic carbocycles. The van der Waals surface area contributed by atoms with Crippen molar-refractivity contribution in [3.8, 4) is 0 Å². The number of amides is 1. The minimum absolute atomic E-state index is 0.122. The number of rotatable bonds is 9. The van der Waals surface area contributed by atoms with Crippen molar-refractivity contribution in [3.63, 3.8) is 0 Å². The van der Waals surface area contributed by atoms with E-state index in [1.807, 2.05) is 12.1 Å². The van der Waals surface area contributed by atoms with Crippen LogP contribution in [0.15, 0.2) is 35.5 Å². The first-order valence-electron chi connectivity index (χ1n) is 10.6. The largest absolute Gasteiger partial charge is 0.452 e. The Morgan fingerprint density at radius 2 is 1.88 bits per heavy atom. The summed E-state index contributed by atoms with van der Waals surface area (Å²) in [5.74, 6) is -0.627. The van der Waals surface area contributed by atoms with Gasteiger partial charge < -0.3 is 24.3 Å². The molecule has 33 heavy (non-hydrogen) atoms. The number of carbonyl (C=O) groups excluding carboxylic acids is 2. The van der Waals surface area contributed by atoms with Gasteiger partial charge in [-0.25, -0.2) is 18.1 Å². The number of sulfonamides is 1. The topological polar surface area (TPSA) is 132 Å². The SMILES string of the molecule is Cc1nc(S(=O)(=O)NCCC(=O)OC(C)C(=O)Nc2ccc(N3CCOCC3)cc2)cn1C. The third-order valence-electron chi connectivity index (χ3n) is 5.17. The standard InChI is InChI=1S/C21H29N5O6S/c1-15(21(28)24-17-4-6-18(7-5-17)26-10-12-31-13-11-26)32-20(27)8-9-22-33(29,30)19-14-25(3)16(2)23-19/h4-7,14-15,22H,8-13H2,1-3H3,(H,24,28). The molecule has 0 radical (unpaired) electrons. The number of morpholine rings is 1. The van der Waals surface area contributed by atoms with E-state index in [0.717, 1.165) is 18.8 Å². The third-order valence-corrected chi connectivity index (χ3v) is 6.50. The molecule has 1 amide bonds. The van der Waals surface area contributed by atoms with E-state index >= 15 is 0 Å². The molecule has 1 aromatic carbocycles. The molecule has 1 fully saturated rings. The quantitative estimate of drug-likeness (QED) is 0.505. The van der Waals surface area contributed by atoms with Crippen LogP contribution >= 0.6 is 0 Å². The van der Waals surface area contributed by atoms with E-state index in [9.17, 15) is 18.0 Å². The lowest BCUT2D eigenvalue weighted by molar-refractivity contribution is -0.152. The number of imidazole rings is 1. The van der Waals surface area contributed by atoms with Crippen LogP contribution in [-0.2, 0) is 36.1 Å². The molecule has 1 aliphatic rings. The summed E-state index contributed by atoms with van der Waals surface area (Å²) in [5, 5.41) is 2.58. The highest BCUT2D eigenvalue weighted by atomic mass is 32.2. The zero-order chi connectivity index (χ0) is 24.0. The summed E-state index contributed by atoms with van der Waals surface area (Å²) < 4.78 is 38.8. The second-order valence-corrected chi connectivity index (χ2v) is 9.37. The number of aromatic nitrogens is 2. The van der Waals surface area contributed by atoms with Crippen molar-refractivity contribution in [1.82, 2.24) is 14.3 Å². The molecule has 11 nitrogen and oxygen atoms in total. The molecular weight excluding hydrogens is 450 g/mol. The van der Waals surface area contributed by atoms with Gasteiger partial charge in [-0.05, 0) is 38.1 Å². The molecule has 180 valence electrons.